The molecule has 0 bridgehead atoms. The maximum atomic E-state index is 3.72. The van der Waals surface area contributed by atoms with E-state index < -0.39 is 0 Å². The molecule has 0 saturated carbocycles. The lowest BCUT2D eigenvalue weighted by Gasteiger charge is -2.25. The van der Waals surface area contributed by atoms with E-state index in [0.717, 1.165) is 12.5 Å². The molecule has 18 heavy (non-hydrogen) atoms. The fourth-order valence-corrected chi connectivity index (χ4v) is 4.57. The molecule has 0 saturated heterocycles. The Labute approximate surface area is 116 Å². The van der Waals surface area contributed by atoms with Crippen molar-refractivity contribution >= 4 is 11.3 Å². The summed E-state index contributed by atoms with van der Waals surface area (Å²) in [7, 11) is 0. The summed E-state index contributed by atoms with van der Waals surface area (Å²) in [4.78, 5) is 3.27. The SMILES string of the molecule is CCNC(c1cc2c(s1)CCCC2)C(CC)CC. The Hall–Kier alpha value is -0.340. The summed E-state index contributed by atoms with van der Waals surface area (Å²) in [6.07, 6.45) is 7.96. The van der Waals surface area contributed by atoms with E-state index in [1.165, 1.54) is 38.5 Å². The molecule has 1 aromatic rings. The topological polar surface area (TPSA) is 12.0 Å². The predicted molar refractivity (Wildman–Crippen MR) is 81.5 cm³/mol. The first-order chi connectivity index (χ1) is 8.80. The molecule has 102 valence electrons. The molecule has 0 spiro atoms. The van der Waals surface area contributed by atoms with Gasteiger partial charge in [0, 0.05) is 15.8 Å². The van der Waals surface area contributed by atoms with Crippen LogP contribution < -0.4 is 5.32 Å². The van der Waals surface area contributed by atoms with Gasteiger partial charge in [-0.25, -0.2) is 0 Å². The van der Waals surface area contributed by atoms with Gasteiger partial charge in [0.15, 0.2) is 0 Å². The van der Waals surface area contributed by atoms with Crippen molar-refractivity contribution in [1.29, 1.82) is 0 Å². The number of nitrogens with one attached hydrogen (secondary N) is 1. The third kappa shape index (κ3) is 2.97. The molecule has 2 heteroatoms. The highest BCUT2D eigenvalue weighted by molar-refractivity contribution is 7.12. The summed E-state index contributed by atoms with van der Waals surface area (Å²) in [5, 5.41) is 3.72. The van der Waals surface area contributed by atoms with Crippen molar-refractivity contribution in [1.82, 2.24) is 5.32 Å². The van der Waals surface area contributed by atoms with E-state index in [1.54, 1.807) is 15.3 Å². The van der Waals surface area contributed by atoms with Crippen LogP contribution in [-0.2, 0) is 12.8 Å². The summed E-state index contributed by atoms with van der Waals surface area (Å²) >= 11 is 2.08. The van der Waals surface area contributed by atoms with Crippen molar-refractivity contribution in [2.75, 3.05) is 6.54 Å². The zero-order chi connectivity index (χ0) is 13.0. The van der Waals surface area contributed by atoms with Gasteiger partial charge in [0.05, 0.1) is 0 Å². The van der Waals surface area contributed by atoms with Crippen LogP contribution in [0.5, 0.6) is 0 Å². The van der Waals surface area contributed by atoms with Crippen LogP contribution in [0.4, 0.5) is 0 Å². The van der Waals surface area contributed by atoms with Crippen LogP contribution in [0, 0.1) is 5.92 Å². The summed E-state index contributed by atoms with van der Waals surface area (Å²) in [6, 6.07) is 3.09. The van der Waals surface area contributed by atoms with E-state index in [1.807, 2.05) is 0 Å². The lowest BCUT2D eigenvalue weighted by Crippen LogP contribution is -2.27. The molecule has 0 aromatic carbocycles. The molecule has 1 aromatic heterocycles. The first-order valence-electron chi connectivity index (χ1n) is 7.64. The number of thiophene rings is 1. The van der Waals surface area contributed by atoms with Gasteiger partial charge in [-0.05, 0) is 49.8 Å². The Bertz CT molecular complexity index is 342. The lowest BCUT2D eigenvalue weighted by molar-refractivity contribution is 0.351. The molecule has 0 radical (unpaired) electrons. The number of aryl methyl sites for hydroxylation is 2. The van der Waals surface area contributed by atoms with E-state index >= 15 is 0 Å². The van der Waals surface area contributed by atoms with E-state index in [2.05, 4.69) is 43.5 Å². The molecule has 1 aliphatic carbocycles. The van der Waals surface area contributed by atoms with Crippen LogP contribution in [0.2, 0.25) is 0 Å². The van der Waals surface area contributed by atoms with E-state index in [-0.39, 0.29) is 0 Å². The van der Waals surface area contributed by atoms with Crippen molar-refractivity contribution in [3.63, 3.8) is 0 Å². The summed E-state index contributed by atoms with van der Waals surface area (Å²) in [5.74, 6) is 0.782. The predicted octanol–water partition coefficient (Wildman–Crippen LogP) is 4.71. The van der Waals surface area contributed by atoms with Crippen molar-refractivity contribution in [3.8, 4) is 0 Å². The molecule has 1 heterocycles. The van der Waals surface area contributed by atoms with Crippen molar-refractivity contribution < 1.29 is 0 Å². The van der Waals surface area contributed by atoms with Crippen LogP contribution in [-0.4, -0.2) is 6.54 Å². The Morgan fingerprint density at radius 1 is 1.17 bits per heavy atom. The van der Waals surface area contributed by atoms with Crippen LogP contribution in [0.25, 0.3) is 0 Å². The van der Waals surface area contributed by atoms with Crippen LogP contribution in [0.3, 0.4) is 0 Å². The fraction of sp³-hybridized carbons (Fsp3) is 0.750. The van der Waals surface area contributed by atoms with Gasteiger partial charge in [-0.15, -0.1) is 11.3 Å². The van der Waals surface area contributed by atoms with Crippen LogP contribution in [0.1, 0.15) is 67.8 Å². The highest BCUT2D eigenvalue weighted by atomic mass is 32.1. The summed E-state index contributed by atoms with van der Waals surface area (Å²) in [5.41, 5.74) is 1.65. The zero-order valence-electron chi connectivity index (χ0n) is 12.1. The Morgan fingerprint density at radius 3 is 2.50 bits per heavy atom. The number of fused-ring (bicyclic) bond motifs is 1. The van der Waals surface area contributed by atoms with Crippen molar-refractivity contribution in [2.45, 2.75) is 65.3 Å². The second-order valence-electron chi connectivity index (χ2n) is 5.42. The fourth-order valence-electron chi connectivity index (χ4n) is 3.15. The molecule has 1 nitrogen and oxygen atoms in total. The molecule has 1 unspecified atom stereocenters. The second kappa shape index (κ2) is 6.72. The molecule has 1 atom stereocenters. The zero-order valence-corrected chi connectivity index (χ0v) is 12.9. The minimum atomic E-state index is 0.584. The Balaban J connectivity index is 2.21. The highest BCUT2D eigenvalue weighted by Crippen LogP contribution is 2.37. The first kappa shape index (κ1) is 14.1. The highest BCUT2D eigenvalue weighted by Gasteiger charge is 2.23. The number of rotatable bonds is 6. The second-order valence-corrected chi connectivity index (χ2v) is 6.58. The first-order valence-corrected chi connectivity index (χ1v) is 8.46. The summed E-state index contributed by atoms with van der Waals surface area (Å²) in [6.45, 7) is 7.95. The molecule has 0 fully saturated rings. The normalized spacial score (nSPS) is 16.9. The summed E-state index contributed by atoms with van der Waals surface area (Å²) < 4.78 is 0. The minimum Gasteiger partial charge on any atom is -0.309 e. The van der Waals surface area contributed by atoms with Gasteiger partial charge in [0.25, 0.3) is 0 Å². The van der Waals surface area contributed by atoms with Crippen LogP contribution in [0.15, 0.2) is 6.07 Å². The third-order valence-corrected chi connectivity index (χ3v) is 5.59. The smallest absolute Gasteiger partial charge is 0.0443 e. The monoisotopic (exact) mass is 265 g/mol. The molecular weight excluding hydrogens is 238 g/mol. The van der Waals surface area contributed by atoms with Gasteiger partial charge in [-0.1, -0.05) is 33.6 Å². The van der Waals surface area contributed by atoms with Crippen LogP contribution >= 0.6 is 11.3 Å². The van der Waals surface area contributed by atoms with Gasteiger partial charge in [0.2, 0.25) is 0 Å². The van der Waals surface area contributed by atoms with Crippen molar-refractivity contribution in [2.24, 2.45) is 5.92 Å². The largest absolute Gasteiger partial charge is 0.309 e. The molecule has 1 N–H and O–H groups in total. The van der Waals surface area contributed by atoms with Gasteiger partial charge < -0.3 is 5.32 Å². The standard InChI is InChI=1S/C16H27NS/c1-4-12(5-2)16(17-6-3)15-11-13-9-7-8-10-14(13)18-15/h11-12,16-17H,4-10H2,1-3H3. The van der Waals surface area contributed by atoms with Gasteiger partial charge in [0.1, 0.15) is 0 Å². The Morgan fingerprint density at radius 2 is 1.89 bits per heavy atom. The molecule has 0 aliphatic heterocycles. The van der Waals surface area contributed by atoms with E-state index in [4.69, 9.17) is 0 Å². The van der Waals surface area contributed by atoms with Gasteiger partial charge in [-0.3, -0.25) is 0 Å². The molecule has 0 amide bonds. The Kier molecular flexibility index (Phi) is 5.25. The average Bonchev–Trinajstić information content (AvgIpc) is 2.82. The quantitative estimate of drug-likeness (QED) is 0.785. The minimum absolute atomic E-state index is 0.584. The maximum absolute atomic E-state index is 3.72. The van der Waals surface area contributed by atoms with Crippen molar-refractivity contribution in [3.05, 3.63) is 21.4 Å². The molecular formula is C16H27NS. The molecule has 2 rings (SSSR count). The third-order valence-electron chi connectivity index (χ3n) is 4.27. The number of hydrogen-bond donors (Lipinski definition) is 1. The van der Waals surface area contributed by atoms with E-state index in [0.29, 0.717) is 6.04 Å². The van der Waals surface area contributed by atoms with Gasteiger partial charge in [-0.2, -0.15) is 0 Å². The molecule has 1 aliphatic rings. The van der Waals surface area contributed by atoms with Gasteiger partial charge >= 0.3 is 0 Å². The lowest BCUT2D eigenvalue weighted by atomic mass is 9.91. The maximum Gasteiger partial charge on any atom is 0.0443 e. The van der Waals surface area contributed by atoms with E-state index in [9.17, 15) is 0 Å². The average molecular weight is 265 g/mol. The number of hydrogen-bond acceptors (Lipinski definition) is 2.